The van der Waals surface area contributed by atoms with E-state index in [4.69, 9.17) is 27.9 Å². The first-order valence-electron chi connectivity index (χ1n) is 9.14. The van der Waals surface area contributed by atoms with E-state index in [1.165, 1.54) is 19.3 Å². The molecule has 4 nitrogen and oxygen atoms in total. The minimum Gasteiger partial charge on any atom is -0.492 e. The Morgan fingerprint density at radius 2 is 2.12 bits per heavy atom. The first-order chi connectivity index (χ1) is 12.1. The van der Waals surface area contributed by atoms with Gasteiger partial charge in [-0.3, -0.25) is 4.79 Å². The van der Waals surface area contributed by atoms with Crippen molar-refractivity contribution in [3.8, 4) is 5.75 Å². The van der Waals surface area contributed by atoms with Crippen molar-refractivity contribution in [2.45, 2.75) is 38.5 Å². The molecule has 2 fully saturated rings. The number of ether oxygens (including phenoxy) is 1. The zero-order valence-electron chi connectivity index (χ0n) is 14.5. The largest absolute Gasteiger partial charge is 0.492 e. The number of benzene rings is 1. The van der Waals surface area contributed by atoms with Crippen LogP contribution in [-0.4, -0.2) is 43.6 Å². The van der Waals surface area contributed by atoms with E-state index < -0.39 is 0 Å². The average Bonchev–Trinajstić information content (AvgIpc) is 2.61. The van der Waals surface area contributed by atoms with Crippen molar-refractivity contribution < 1.29 is 9.53 Å². The fraction of sp³-hybridized carbons (Fsp3) is 0.632. The summed E-state index contributed by atoms with van der Waals surface area (Å²) in [4.78, 5) is 14.6. The number of carbonyl (C=O) groups excluding carboxylic acids is 1. The summed E-state index contributed by atoms with van der Waals surface area (Å²) in [5, 5.41) is 4.59. The summed E-state index contributed by atoms with van der Waals surface area (Å²) in [6.07, 6.45) is 6.03. The summed E-state index contributed by atoms with van der Waals surface area (Å²) in [6.45, 7) is 4.44. The maximum absolute atomic E-state index is 12.6. The molecule has 1 atom stereocenters. The van der Waals surface area contributed by atoms with Gasteiger partial charge in [-0.05, 0) is 56.8 Å². The molecule has 3 rings (SSSR count). The summed E-state index contributed by atoms with van der Waals surface area (Å²) in [6, 6.07) is 5.17. The Bertz CT molecular complexity index is 598. The van der Waals surface area contributed by atoms with E-state index in [0.717, 1.165) is 32.6 Å². The highest BCUT2D eigenvalue weighted by molar-refractivity contribution is 6.35. The molecule has 2 aliphatic rings. The Morgan fingerprint density at radius 1 is 1.28 bits per heavy atom. The fourth-order valence-corrected chi connectivity index (χ4v) is 4.42. The third kappa shape index (κ3) is 5.02. The molecule has 0 saturated carbocycles. The highest BCUT2D eigenvalue weighted by atomic mass is 35.5. The normalized spacial score (nSPS) is 23.7. The van der Waals surface area contributed by atoms with E-state index in [9.17, 15) is 4.79 Å². The molecule has 0 radical (unpaired) electrons. The van der Waals surface area contributed by atoms with Gasteiger partial charge in [0.25, 0.3) is 0 Å². The molecule has 1 amide bonds. The molecular weight excluding hydrogens is 359 g/mol. The second-order valence-electron chi connectivity index (χ2n) is 7.23. The number of nitrogens with zero attached hydrogens (tertiary/aromatic N) is 1. The number of piperidine rings is 2. The van der Waals surface area contributed by atoms with Crippen molar-refractivity contribution in [2.24, 2.45) is 5.41 Å². The van der Waals surface area contributed by atoms with Gasteiger partial charge in [0.1, 0.15) is 5.75 Å². The Hall–Kier alpha value is -0.970. The molecule has 1 unspecified atom stereocenters. The maximum atomic E-state index is 12.6. The van der Waals surface area contributed by atoms with Gasteiger partial charge < -0.3 is 15.0 Å². The van der Waals surface area contributed by atoms with Crippen LogP contribution in [0.4, 0.5) is 0 Å². The van der Waals surface area contributed by atoms with E-state index in [-0.39, 0.29) is 5.91 Å². The topological polar surface area (TPSA) is 41.6 Å². The standard InChI is InChI=1S/C19H26Cl2N2O2/c20-15-5-6-17(16(21)12-15)25-11-1-4-18(24)23-10-3-8-19(14-23)7-2-9-22-13-19/h5-6,12,22H,1-4,7-11,13-14H2. The van der Waals surface area contributed by atoms with Crippen molar-refractivity contribution in [1.82, 2.24) is 10.2 Å². The molecule has 25 heavy (non-hydrogen) atoms. The molecular formula is C19H26Cl2N2O2. The molecule has 1 aromatic rings. The van der Waals surface area contributed by atoms with Crippen LogP contribution < -0.4 is 10.1 Å². The molecule has 1 N–H and O–H groups in total. The van der Waals surface area contributed by atoms with Crippen LogP contribution in [-0.2, 0) is 4.79 Å². The highest BCUT2D eigenvalue weighted by Gasteiger charge is 2.37. The smallest absolute Gasteiger partial charge is 0.222 e. The molecule has 6 heteroatoms. The second-order valence-corrected chi connectivity index (χ2v) is 8.07. The fourth-order valence-electron chi connectivity index (χ4n) is 3.96. The number of halogens is 2. The van der Waals surface area contributed by atoms with E-state index in [1.54, 1.807) is 18.2 Å². The van der Waals surface area contributed by atoms with E-state index in [0.29, 0.717) is 40.7 Å². The third-order valence-electron chi connectivity index (χ3n) is 5.26. The van der Waals surface area contributed by atoms with Crippen molar-refractivity contribution in [3.63, 3.8) is 0 Å². The Balaban J connectivity index is 1.43. The predicted octanol–water partition coefficient (Wildman–Crippen LogP) is 4.14. The first-order valence-corrected chi connectivity index (χ1v) is 9.90. The molecule has 2 heterocycles. The lowest BCUT2D eigenvalue weighted by Gasteiger charge is -2.45. The lowest BCUT2D eigenvalue weighted by atomic mass is 9.74. The first kappa shape index (κ1) is 18.8. The lowest BCUT2D eigenvalue weighted by molar-refractivity contribution is -0.135. The average molecular weight is 385 g/mol. The highest BCUT2D eigenvalue weighted by Crippen LogP contribution is 2.36. The Kier molecular flexibility index (Phi) is 6.48. The van der Waals surface area contributed by atoms with Gasteiger partial charge in [-0.2, -0.15) is 0 Å². The van der Waals surface area contributed by atoms with Gasteiger partial charge in [-0.25, -0.2) is 0 Å². The monoisotopic (exact) mass is 384 g/mol. The Morgan fingerprint density at radius 3 is 2.88 bits per heavy atom. The summed E-state index contributed by atoms with van der Waals surface area (Å²) < 4.78 is 5.67. The zero-order chi connectivity index (χ0) is 17.7. The molecule has 2 saturated heterocycles. The van der Waals surface area contributed by atoms with Crippen molar-refractivity contribution >= 4 is 29.1 Å². The number of nitrogens with one attached hydrogen (secondary N) is 1. The van der Waals surface area contributed by atoms with Crippen LogP contribution in [0.15, 0.2) is 18.2 Å². The zero-order valence-corrected chi connectivity index (χ0v) is 16.0. The summed E-state index contributed by atoms with van der Waals surface area (Å²) in [7, 11) is 0. The summed E-state index contributed by atoms with van der Waals surface area (Å²) >= 11 is 12.0. The number of rotatable bonds is 5. The SMILES string of the molecule is O=C(CCCOc1ccc(Cl)cc1Cl)N1CCCC2(CCCNC2)C1. The summed E-state index contributed by atoms with van der Waals surface area (Å²) in [5.74, 6) is 0.860. The quantitative estimate of drug-likeness (QED) is 0.775. The van der Waals surface area contributed by atoms with Crippen LogP contribution in [0.5, 0.6) is 5.75 Å². The van der Waals surface area contributed by atoms with Crippen LogP contribution in [0.2, 0.25) is 10.0 Å². The second kappa shape index (κ2) is 8.61. The molecule has 0 bridgehead atoms. The number of hydrogen-bond acceptors (Lipinski definition) is 3. The van der Waals surface area contributed by atoms with Crippen LogP contribution >= 0.6 is 23.2 Å². The molecule has 0 aliphatic carbocycles. The summed E-state index contributed by atoms with van der Waals surface area (Å²) in [5.41, 5.74) is 0.305. The molecule has 1 spiro atoms. The van der Waals surface area contributed by atoms with Gasteiger partial charge in [0.2, 0.25) is 5.91 Å². The number of likely N-dealkylation sites (tertiary alicyclic amines) is 1. The minimum atomic E-state index is 0.246. The van der Waals surface area contributed by atoms with Crippen LogP contribution in [0.25, 0.3) is 0 Å². The molecule has 2 aliphatic heterocycles. The predicted molar refractivity (Wildman–Crippen MR) is 102 cm³/mol. The van der Waals surface area contributed by atoms with Crippen molar-refractivity contribution in [1.29, 1.82) is 0 Å². The van der Waals surface area contributed by atoms with Gasteiger partial charge >= 0.3 is 0 Å². The van der Waals surface area contributed by atoms with Crippen molar-refractivity contribution in [2.75, 3.05) is 32.8 Å². The van der Waals surface area contributed by atoms with Gasteiger partial charge in [0, 0.05) is 36.5 Å². The molecule has 0 aromatic heterocycles. The minimum absolute atomic E-state index is 0.246. The van der Waals surface area contributed by atoms with E-state index in [2.05, 4.69) is 10.2 Å². The molecule has 1 aromatic carbocycles. The lowest BCUT2D eigenvalue weighted by Crippen LogP contribution is -2.52. The molecule has 138 valence electrons. The van der Waals surface area contributed by atoms with Crippen LogP contribution in [0.3, 0.4) is 0 Å². The van der Waals surface area contributed by atoms with Gasteiger partial charge in [-0.1, -0.05) is 23.2 Å². The number of hydrogen-bond donors (Lipinski definition) is 1. The van der Waals surface area contributed by atoms with Crippen LogP contribution in [0.1, 0.15) is 38.5 Å². The number of carbonyl (C=O) groups is 1. The van der Waals surface area contributed by atoms with Gasteiger partial charge in [-0.15, -0.1) is 0 Å². The van der Waals surface area contributed by atoms with Gasteiger partial charge in [0.05, 0.1) is 11.6 Å². The number of amides is 1. The Labute approximate surface area is 159 Å². The van der Waals surface area contributed by atoms with Crippen LogP contribution in [0, 0.1) is 5.41 Å². The maximum Gasteiger partial charge on any atom is 0.222 e. The van der Waals surface area contributed by atoms with E-state index >= 15 is 0 Å². The van der Waals surface area contributed by atoms with Gasteiger partial charge in [0.15, 0.2) is 0 Å². The third-order valence-corrected chi connectivity index (χ3v) is 5.79. The van der Waals surface area contributed by atoms with E-state index in [1.807, 2.05) is 0 Å². The van der Waals surface area contributed by atoms with Crippen molar-refractivity contribution in [3.05, 3.63) is 28.2 Å².